The number of carbonyl (C=O) groups excluding carboxylic acids is 1. The first-order valence-electron chi connectivity index (χ1n) is 11.7. The van der Waals surface area contributed by atoms with Gasteiger partial charge in [-0.05, 0) is 51.3 Å². The molecule has 184 valence electrons. The quantitative estimate of drug-likeness (QED) is 0.454. The Hall–Kier alpha value is -3.34. The van der Waals surface area contributed by atoms with Gasteiger partial charge in [0.2, 0.25) is 5.95 Å². The first kappa shape index (κ1) is 26.9. The van der Waals surface area contributed by atoms with E-state index in [1.54, 1.807) is 7.11 Å². The maximum Gasteiger partial charge on any atom is 0.308 e. The summed E-state index contributed by atoms with van der Waals surface area (Å²) in [6, 6.07) is 7.75. The number of esters is 1. The largest absolute Gasteiger partial charge is 0.496 e. The molecule has 0 aliphatic rings. The van der Waals surface area contributed by atoms with Crippen molar-refractivity contribution in [1.82, 2.24) is 9.97 Å². The molecule has 1 aromatic carbocycles. The molecule has 1 atom stereocenters. The number of hydrogen-bond acceptors (Lipinski definition) is 8. The molecule has 0 aliphatic carbocycles. The number of ether oxygens (including phenoxy) is 2. The minimum absolute atomic E-state index is 0.158. The Morgan fingerprint density at radius 2 is 2.03 bits per heavy atom. The number of nitriles is 1. The first-order chi connectivity index (χ1) is 16.1. The number of nitrogens with zero attached hydrogens (tertiary/aromatic N) is 3. The van der Waals surface area contributed by atoms with Gasteiger partial charge in [0, 0.05) is 23.7 Å². The minimum atomic E-state index is -0.543. The second-order valence-corrected chi connectivity index (χ2v) is 9.43. The second-order valence-electron chi connectivity index (χ2n) is 9.43. The Balaban J connectivity index is 2.39. The zero-order valence-electron chi connectivity index (χ0n) is 21.2. The lowest BCUT2D eigenvalue weighted by Crippen LogP contribution is -2.30. The van der Waals surface area contributed by atoms with Crippen LogP contribution >= 0.6 is 0 Å². The van der Waals surface area contributed by atoms with E-state index in [-0.39, 0.29) is 24.4 Å². The van der Waals surface area contributed by atoms with Crippen LogP contribution < -0.4 is 15.8 Å². The number of aryl methyl sites for hydroxylation is 1. The molecule has 2 aromatic rings. The number of hydrogen-bond donors (Lipinski definition) is 2. The van der Waals surface area contributed by atoms with E-state index in [4.69, 9.17) is 20.5 Å². The summed E-state index contributed by atoms with van der Waals surface area (Å²) in [7, 11) is 1.62. The fourth-order valence-corrected chi connectivity index (χ4v) is 3.76. The standard InChI is InChI=1S/C26H37N5O3/c1-7-8-9-20(16-23(32)34-26(3,4)5)30-24-21(17(2)29-25(28)31-24)15-19-14-18(12-13-27)10-11-22(19)33-6/h10-11,14,20H,7-9,12,15-16H2,1-6H3,(H3,28,29,30,31)/t20-/m0/s1. The molecule has 0 saturated heterocycles. The van der Waals surface area contributed by atoms with E-state index in [0.29, 0.717) is 18.7 Å². The molecular formula is C26H37N5O3. The molecule has 2 rings (SSSR count). The topological polar surface area (TPSA) is 123 Å². The molecule has 0 aliphatic heterocycles. The van der Waals surface area contributed by atoms with Gasteiger partial charge in [-0.3, -0.25) is 4.79 Å². The van der Waals surface area contributed by atoms with Gasteiger partial charge in [-0.1, -0.05) is 31.9 Å². The van der Waals surface area contributed by atoms with E-state index in [2.05, 4.69) is 28.3 Å². The maximum absolute atomic E-state index is 12.6. The number of unbranched alkanes of at least 4 members (excludes halogenated alkanes) is 1. The second kappa shape index (κ2) is 12.2. The van der Waals surface area contributed by atoms with Crippen molar-refractivity contribution in [2.75, 3.05) is 18.2 Å². The van der Waals surface area contributed by atoms with E-state index in [1.165, 1.54) is 0 Å². The SMILES string of the molecule is CCCC[C@@H](CC(=O)OC(C)(C)C)Nc1nc(N)nc(C)c1Cc1cc(CC#N)ccc1OC. The van der Waals surface area contributed by atoms with Crippen LogP contribution in [-0.2, 0) is 22.4 Å². The summed E-state index contributed by atoms with van der Waals surface area (Å²) in [6.07, 6.45) is 3.78. The van der Waals surface area contributed by atoms with Gasteiger partial charge < -0.3 is 20.5 Å². The third-order valence-corrected chi connectivity index (χ3v) is 5.31. The zero-order chi connectivity index (χ0) is 25.3. The van der Waals surface area contributed by atoms with Gasteiger partial charge >= 0.3 is 5.97 Å². The summed E-state index contributed by atoms with van der Waals surface area (Å²) < 4.78 is 11.1. The number of methoxy groups -OCH3 is 1. The molecule has 1 heterocycles. The van der Waals surface area contributed by atoms with Crippen LogP contribution in [0.4, 0.5) is 11.8 Å². The summed E-state index contributed by atoms with van der Waals surface area (Å²) in [6.45, 7) is 9.59. The first-order valence-corrected chi connectivity index (χ1v) is 11.7. The molecule has 0 spiro atoms. The van der Waals surface area contributed by atoms with E-state index in [9.17, 15) is 4.79 Å². The summed E-state index contributed by atoms with van der Waals surface area (Å²) in [4.78, 5) is 21.4. The average Bonchev–Trinajstić information content (AvgIpc) is 2.73. The summed E-state index contributed by atoms with van der Waals surface area (Å²) in [5.41, 5.74) is 8.89. The van der Waals surface area contributed by atoms with Crippen molar-refractivity contribution in [3.05, 3.63) is 40.6 Å². The summed E-state index contributed by atoms with van der Waals surface area (Å²) >= 11 is 0. The summed E-state index contributed by atoms with van der Waals surface area (Å²) in [5, 5.41) is 12.5. The van der Waals surface area contributed by atoms with Crippen molar-refractivity contribution >= 4 is 17.7 Å². The Bertz CT molecular complexity index is 1020. The molecule has 8 nitrogen and oxygen atoms in total. The highest BCUT2D eigenvalue weighted by molar-refractivity contribution is 5.71. The molecule has 0 amide bonds. The van der Waals surface area contributed by atoms with Crippen LogP contribution in [0, 0.1) is 18.3 Å². The molecule has 0 radical (unpaired) electrons. The number of benzene rings is 1. The number of rotatable bonds is 11. The van der Waals surface area contributed by atoms with Crippen LogP contribution in [0.3, 0.4) is 0 Å². The van der Waals surface area contributed by atoms with Crippen molar-refractivity contribution in [2.45, 2.75) is 84.8 Å². The number of nitrogens with two attached hydrogens (primary N) is 1. The molecular weight excluding hydrogens is 430 g/mol. The Morgan fingerprint density at radius 3 is 2.65 bits per heavy atom. The molecule has 0 saturated carbocycles. The lowest BCUT2D eigenvalue weighted by atomic mass is 9.99. The normalized spacial score (nSPS) is 12.0. The molecule has 34 heavy (non-hydrogen) atoms. The van der Waals surface area contributed by atoms with Crippen LogP contribution in [0.2, 0.25) is 0 Å². The van der Waals surface area contributed by atoms with E-state index >= 15 is 0 Å². The summed E-state index contributed by atoms with van der Waals surface area (Å²) in [5.74, 6) is 1.23. The van der Waals surface area contributed by atoms with Gasteiger partial charge in [-0.2, -0.15) is 10.2 Å². The highest BCUT2D eigenvalue weighted by atomic mass is 16.6. The van der Waals surface area contributed by atoms with Crippen molar-refractivity contribution in [1.29, 1.82) is 5.26 Å². The van der Waals surface area contributed by atoms with Gasteiger partial charge in [0.05, 0.1) is 26.0 Å². The van der Waals surface area contributed by atoms with Gasteiger partial charge in [-0.15, -0.1) is 0 Å². The van der Waals surface area contributed by atoms with Crippen molar-refractivity contribution in [3.8, 4) is 11.8 Å². The van der Waals surface area contributed by atoms with Crippen LogP contribution in [0.1, 0.15) is 75.8 Å². The van der Waals surface area contributed by atoms with E-state index in [0.717, 1.165) is 47.4 Å². The average molecular weight is 468 g/mol. The fourth-order valence-electron chi connectivity index (χ4n) is 3.76. The molecule has 0 bridgehead atoms. The minimum Gasteiger partial charge on any atom is -0.496 e. The smallest absolute Gasteiger partial charge is 0.308 e. The van der Waals surface area contributed by atoms with Gasteiger partial charge in [0.15, 0.2) is 0 Å². The highest BCUT2D eigenvalue weighted by Crippen LogP contribution is 2.29. The number of aromatic nitrogens is 2. The number of carbonyl (C=O) groups is 1. The van der Waals surface area contributed by atoms with Crippen LogP contribution in [0.25, 0.3) is 0 Å². The molecule has 3 N–H and O–H groups in total. The molecule has 0 fully saturated rings. The number of nitrogens with one attached hydrogen (secondary N) is 1. The highest BCUT2D eigenvalue weighted by Gasteiger charge is 2.23. The monoisotopic (exact) mass is 467 g/mol. The Labute approximate surface area is 202 Å². The van der Waals surface area contributed by atoms with E-state index < -0.39 is 5.60 Å². The molecule has 8 heteroatoms. The van der Waals surface area contributed by atoms with Crippen LogP contribution in [0.5, 0.6) is 5.75 Å². The molecule has 0 unspecified atom stereocenters. The Kier molecular flexibility index (Phi) is 9.67. The molecule has 1 aromatic heterocycles. The van der Waals surface area contributed by atoms with Crippen molar-refractivity contribution in [2.24, 2.45) is 0 Å². The van der Waals surface area contributed by atoms with Gasteiger partial charge in [0.1, 0.15) is 17.2 Å². The number of nitrogen functional groups attached to an aromatic ring is 1. The van der Waals surface area contributed by atoms with Gasteiger partial charge in [-0.25, -0.2) is 4.98 Å². The van der Waals surface area contributed by atoms with Crippen LogP contribution in [-0.4, -0.2) is 34.7 Å². The predicted octanol–water partition coefficient (Wildman–Crippen LogP) is 4.74. The van der Waals surface area contributed by atoms with E-state index in [1.807, 2.05) is 45.9 Å². The predicted molar refractivity (Wildman–Crippen MR) is 134 cm³/mol. The maximum atomic E-state index is 12.6. The zero-order valence-corrected chi connectivity index (χ0v) is 21.2. The Morgan fingerprint density at radius 1 is 1.29 bits per heavy atom. The van der Waals surface area contributed by atoms with Crippen LogP contribution in [0.15, 0.2) is 18.2 Å². The van der Waals surface area contributed by atoms with Gasteiger partial charge in [0.25, 0.3) is 0 Å². The van der Waals surface area contributed by atoms with Crippen molar-refractivity contribution in [3.63, 3.8) is 0 Å². The lowest BCUT2D eigenvalue weighted by Gasteiger charge is -2.24. The third kappa shape index (κ3) is 8.22. The number of anilines is 2. The fraction of sp³-hybridized carbons (Fsp3) is 0.538. The lowest BCUT2D eigenvalue weighted by molar-refractivity contribution is -0.155. The third-order valence-electron chi connectivity index (χ3n) is 5.31. The van der Waals surface area contributed by atoms with Crippen molar-refractivity contribution < 1.29 is 14.3 Å².